The molecule has 0 bridgehead atoms. The Morgan fingerprint density at radius 2 is 1.66 bits per heavy atom. The zero-order chi connectivity index (χ0) is 20.4. The molecule has 0 saturated carbocycles. The van der Waals surface area contributed by atoms with Crippen LogP contribution in [-0.2, 0) is 22.9 Å². The van der Waals surface area contributed by atoms with Crippen molar-refractivity contribution in [1.82, 2.24) is 0 Å². The topological polar surface area (TPSA) is 46.2 Å². The number of fused-ring (bicyclic) bond motifs is 2. The molecule has 3 aromatic rings. The summed E-state index contributed by atoms with van der Waals surface area (Å²) in [5, 5.41) is 0. The van der Waals surface area contributed by atoms with Crippen LogP contribution in [0, 0.1) is 0 Å². The molecule has 0 unspecified atom stereocenters. The average Bonchev–Trinajstić information content (AvgIpc) is 2.84. The molecule has 0 spiro atoms. The lowest BCUT2D eigenvalue weighted by Crippen LogP contribution is -2.09. The Bertz CT molecular complexity index is 1200. The van der Waals surface area contributed by atoms with Gasteiger partial charge >= 0.3 is 0 Å². The van der Waals surface area contributed by atoms with Gasteiger partial charge in [-0.3, -0.25) is 4.72 Å². The minimum Gasteiger partial charge on any atom is -0.284 e. The summed E-state index contributed by atoms with van der Waals surface area (Å²) in [5.74, 6) is 0. The third kappa shape index (κ3) is 4.57. The van der Waals surface area contributed by atoms with Crippen molar-refractivity contribution < 1.29 is 8.42 Å². The Labute approximate surface area is 176 Å². The summed E-state index contributed by atoms with van der Waals surface area (Å²) >= 11 is 1.76. The van der Waals surface area contributed by atoms with Gasteiger partial charge in [0, 0.05) is 10.6 Å². The summed E-state index contributed by atoms with van der Waals surface area (Å²) in [5.41, 5.74) is 7.89. The zero-order valence-corrected chi connectivity index (χ0v) is 18.1. The maximum absolute atomic E-state index is 11.6. The van der Waals surface area contributed by atoms with E-state index in [1.807, 2.05) is 18.2 Å². The summed E-state index contributed by atoms with van der Waals surface area (Å²) in [6.45, 7) is 0. The first-order valence-electron chi connectivity index (χ1n) is 9.48. The molecule has 4 rings (SSSR count). The highest BCUT2D eigenvalue weighted by Gasteiger charge is 2.18. The van der Waals surface area contributed by atoms with E-state index in [-0.39, 0.29) is 0 Å². The fourth-order valence-electron chi connectivity index (χ4n) is 3.81. The number of thioether (sulfide) groups is 1. The molecule has 29 heavy (non-hydrogen) atoms. The van der Waals surface area contributed by atoms with Crippen LogP contribution in [0.4, 0.5) is 5.69 Å². The van der Waals surface area contributed by atoms with Gasteiger partial charge in [-0.1, -0.05) is 42.5 Å². The molecule has 0 amide bonds. The lowest BCUT2D eigenvalue weighted by molar-refractivity contribution is 0.607. The van der Waals surface area contributed by atoms with Crippen molar-refractivity contribution >= 4 is 39.1 Å². The van der Waals surface area contributed by atoms with Crippen LogP contribution in [0.15, 0.2) is 71.6 Å². The van der Waals surface area contributed by atoms with E-state index in [4.69, 9.17) is 0 Å². The summed E-state index contributed by atoms with van der Waals surface area (Å²) in [6.07, 6.45) is 7.44. The van der Waals surface area contributed by atoms with Crippen molar-refractivity contribution in [2.75, 3.05) is 17.2 Å². The maximum Gasteiger partial charge on any atom is 0.229 e. The Kier molecular flexibility index (Phi) is 5.52. The molecule has 0 radical (unpaired) electrons. The van der Waals surface area contributed by atoms with E-state index in [1.165, 1.54) is 39.0 Å². The van der Waals surface area contributed by atoms with Gasteiger partial charge in [0.15, 0.2) is 0 Å². The third-order valence-electron chi connectivity index (χ3n) is 5.07. The number of rotatable bonds is 4. The van der Waals surface area contributed by atoms with Crippen LogP contribution < -0.4 is 4.72 Å². The quantitative estimate of drug-likeness (QED) is 0.569. The van der Waals surface area contributed by atoms with Crippen LogP contribution in [0.5, 0.6) is 0 Å². The Morgan fingerprint density at radius 3 is 2.45 bits per heavy atom. The van der Waals surface area contributed by atoms with Gasteiger partial charge in [-0.2, -0.15) is 0 Å². The van der Waals surface area contributed by atoms with Crippen LogP contribution in [0.25, 0.3) is 11.6 Å². The monoisotopic (exact) mass is 421 g/mol. The van der Waals surface area contributed by atoms with Crippen molar-refractivity contribution in [2.45, 2.75) is 17.7 Å². The van der Waals surface area contributed by atoms with E-state index in [0.717, 1.165) is 18.4 Å². The van der Waals surface area contributed by atoms with Crippen molar-refractivity contribution in [3.05, 3.63) is 94.5 Å². The van der Waals surface area contributed by atoms with Gasteiger partial charge in [-0.25, -0.2) is 8.42 Å². The van der Waals surface area contributed by atoms with Crippen molar-refractivity contribution in [3.63, 3.8) is 0 Å². The van der Waals surface area contributed by atoms with E-state index < -0.39 is 10.0 Å². The first kappa shape index (κ1) is 19.8. The van der Waals surface area contributed by atoms with Gasteiger partial charge in [0.05, 0.1) is 6.26 Å². The molecule has 1 N–H and O–H groups in total. The summed E-state index contributed by atoms with van der Waals surface area (Å²) in [4.78, 5) is 1.27. The number of nitrogens with one attached hydrogen (secondary N) is 1. The largest absolute Gasteiger partial charge is 0.284 e. The Balaban J connectivity index is 1.87. The molecule has 0 atom stereocenters. The second-order valence-electron chi connectivity index (χ2n) is 7.24. The predicted molar refractivity (Wildman–Crippen MR) is 124 cm³/mol. The third-order valence-corrected chi connectivity index (χ3v) is 6.41. The highest BCUT2D eigenvalue weighted by Crippen LogP contribution is 2.36. The summed E-state index contributed by atoms with van der Waals surface area (Å²) < 4.78 is 25.8. The molecule has 0 aromatic heterocycles. The first-order chi connectivity index (χ1) is 13.9. The lowest BCUT2D eigenvalue weighted by Gasteiger charge is -2.13. The van der Waals surface area contributed by atoms with Crippen LogP contribution in [0.3, 0.4) is 0 Å². The van der Waals surface area contributed by atoms with E-state index in [1.54, 1.807) is 17.8 Å². The van der Waals surface area contributed by atoms with E-state index in [9.17, 15) is 8.42 Å². The SMILES string of the molecule is CSc1ccc2c(c1)CCc1ccccc1/C2=C\c1cccc(NS(C)(=O)=O)c1. The number of aryl methyl sites for hydroxylation is 2. The molecule has 5 heteroatoms. The Hall–Kier alpha value is -2.50. The van der Waals surface area contributed by atoms with Crippen molar-refractivity contribution in [2.24, 2.45) is 0 Å². The predicted octanol–water partition coefficient (Wildman–Crippen LogP) is 5.47. The molecule has 0 saturated heterocycles. The molecule has 1 aliphatic carbocycles. The van der Waals surface area contributed by atoms with Gasteiger partial charge in [0.1, 0.15) is 0 Å². The zero-order valence-electron chi connectivity index (χ0n) is 16.5. The van der Waals surface area contributed by atoms with Crippen molar-refractivity contribution in [3.8, 4) is 0 Å². The van der Waals surface area contributed by atoms with Gasteiger partial charge < -0.3 is 0 Å². The standard InChI is InChI=1S/C24H23NO2S2/c1-28-21-12-13-23-19(16-21)11-10-18-7-3-4-9-22(18)24(23)15-17-6-5-8-20(14-17)25-29(2,26)27/h3-9,12-16,25H,10-11H2,1-2H3/b24-15+. The maximum atomic E-state index is 11.6. The van der Waals surface area contributed by atoms with E-state index in [2.05, 4.69) is 59.5 Å². The molecule has 3 aromatic carbocycles. The second-order valence-corrected chi connectivity index (χ2v) is 9.87. The minimum atomic E-state index is -3.31. The molecule has 148 valence electrons. The average molecular weight is 422 g/mol. The highest BCUT2D eigenvalue weighted by atomic mass is 32.2. The summed E-state index contributed by atoms with van der Waals surface area (Å²) in [6, 6.07) is 22.8. The van der Waals surface area contributed by atoms with Crippen LogP contribution in [0.2, 0.25) is 0 Å². The summed E-state index contributed by atoms with van der Waals surface area (Å²) in [7, 11) is -3.31. The van der Waals surface area contributed by atoms with Crippen molar-refractivity contribution in [1.29, 1.82) is 0 Å². The smallest absolute Gasteiger partial charge is 0.229 e. The minimum absolute atomic E-state index is 0.571. The molecule has 0 fully saturated rings. The van der Waals surface area contributed by atoms with Gasteiger partial charge in [-0.05, 0) is 82.8 Å². The van der Waals surface area contributed by atoms with Crippen LogP contribution in [0.1, 0.15) is 27.8 Å². The Morgan fingerprint density at radius 1 is 0.897 bits per heavy atom. The van der Waals surface area contributed by atoms with Gasteiger partial charge in [-0.15, -0.1) is 11.8 Å². The fraction of sp³-hybridized carbons (Fsp3) is 0.167. The first-order valence-corrected chi connectivity index (χ1v) is 12.6. The van der Waals surface area contributed by atoms with Gasteiger partial charge in [0.25, 0.3) is 0 Å². The number of sulfonamides is 1. The molecule has 0 heterocycles. The lowest BCUT2D eigenvalue weighted by atomic mass is 9.92. The number of hydrogen-bond acceptors (Lipinski definition) is 3. The molecule has 0 aliphatic heterocycles. The molecule has 1 aliphatic rings. The fourth-order valence-corrected chi connectivity index (χ4v) is 4.83. The van der Waals surface area contributed by atoms with Gasteiger partial charge in [0.2, 0.25) is 10.0 Å². The molecular weight excluding hydrogens is 398 g/mol. The normalized spacial score (nSPS) is 14.8. The van der Waals surface area contributed by atoms with Crippen LogP contribution >= 0.6 is 11.8 Å². The number of anilines is 1. The molecular formula is C24H23NO2S2. The number of benzene rings is 3. The highest BCUT2D eigenvalue weighted by molar-refractivity contribution is 7.98. The van der Waals surface area contributed by atoms with E-state index in [0.29, 0.717) is 5.69 Å². The number of hydrogen-bond donors (Lipinski definition) is 1. The van der Waals surface area contributed by atoms with E-state index >= 15 is 0 Å². The van der Waals surface area contributed by atoms with Crippen LogP contribution in [-0.4, -0.2) is 20.9 Å². The second kappa shape index (κ2) is 8.09. The molecule has 3 nitrogen and oxygen atoms in total.